The molecule has 0 radical (unpaired) electrons. The summed E-state index contributed by atoms with van der Waals surface area (Å²) in [6.45, 7) is 3.89. The van der Waals surface area contributed by atoms with E-state index in [1.807, 2.05) is 12.5 Å². The Kier molecular flexibility index (Phi) is 6.06. The average molecular weight is 225 g/mol. The lowest BCUT2D eigenvalue weighted by atomic mass is 10.2. The van der Waals surface area contributed by atoms with Crippen LogP contribution in [-0.4, -0.2) is 28.8 Å². The first-order chi connectivity index (χ1) is 7.83. The second-order valence-corrected chi connectivity index (χ2v) is 3.51. The molecule has 1 rings (SSSR count). The average Bonchev–Trinajstić information content (AvgIpc) is 2.76. The molecular weight excluding hydrogens is 206 g/mol. The van der Waals surface area contributed by atoms with E-state index in [1.54, 1.807) is 13.1 Å². The molecule has 0 aromatic carbocycles. The summed E-state index contributed by atoms with van der Waals surface area (Å²) in [7, 11) is 0. The lowest BCUT2D eigenvalue weighted by Gasteiger charge is -2.05. The Labute approximate surface area is 95.8 Å². The highest BCUT2D eigenvalue weighted by Crippen LogP contribution is 1.98. The number of hydrogen-bond acceptors (Lipinski definition) is 3. The monoisotopic (exact) mass is 225 g/mol. The zero-order valence-corrected chi connectivity index (χ0v) is 9.69. The first-order valence-corrected chi connectivity index (χ1v) is 5.69. The van der Waals surface area contributed by atoms with Crippen LogP contribution in [0.15, 0.2) is 18.7 Å². The molecule has 1 heterocycles. The first kappa shape index (κ1) is 12.5. The second-order valence-electron chi connectivity index (χ2n) is 3.51. The Morgan fingerprint density at radius 3 is 3.00 bits per heavy atom. The number of unbranched alkanes of at least 4 members (excludes halogenated alkanes) is 2. The molecule has 16 heavy (non-hydrogen) atoms. The van der Waals surface area contributed by atoms with Gasteiger partial charge in [-0.2, -0.15) is 0 Å². The van der Waals surface area contributed by atoms with Gasteiger partial charge in [0.15, 0.2) is 0 Å². The Morgan fingerprint density at radius 1 is 1.44 bits per heavy atom. The number of amides is 1. The quantitative estimate of drug-likeness (QED) is 0.720. The fourth-order valence-electron chi connectivity index (χ4n) is 1.39. The summed E-state index contributed by atoms with van der Waals surface area (Å²) < 4.78 is 6.80. The van der Waals surface area contributed by atoms with Gasteiger partial charge in [0.05, 0.1) is 12.9 Å². The van der Waals surface area contributed by atoms with Crippen LogP contribution in [-0.2, 0) is 11.3 Å². The first-order valence-electron chi connectivity index (χ1n) is 5.69. The topological polar surface area (TPSA) is 56.1 Å². The van der Waals surface area contributed by atoms with Crippen molar-refractivity contribution < 1.29 is 9.53 Å². The van der Waals surface area contributed by atoms with Crippen molar-refractivity contribution in [3.8, 4) is 0 Å². The summed E-state index contributed by atoms with van der Waals surface area (Å²) in [6, 6.07) is 0. The zero-order valence-electron chi connectivity index (χ0n) is 9.69. The summed E-state index contributed by atoms with van der Waals surface area (Å²) in [5, 5.41) is 2.70. The molecule has 1 aromatic rings. The fourth-order valence-corrected chi connectivity index (χ4v) is 1.39. The number of carbonyl (C=O) groups is 1. The lowest BCUT2D eigenvalue weighted by molar-refractivity contribution is 0.152. The smallest absolute Gasteiger partial charge is 0.407 e. The highest BCUT2D eigenvalue weighted by atomic mass is 16.5. The SMILES string of the molecule is CCOC(=O)NCCCCCn1ccnc1. The van der Waals surface area contributed by atoms with Crippen LogP contribution in [0, 0.1) is 0 Å². The lowest BCUT2D eigenvalue weighted by Crippen LogP contribution is -2.25. The minimum absolute atomic E-state index is 0.322. The largest absolute Gasteiger partial charge is 0.450 e. The van der Waals surface area contributed by atoms with Gasteiger partial charge in [-0.25, -0.2) is 9.78 Å². The van der Waals surface area contributed by atoms with Crippen molar-refractivity contribution in [3.63, 3.8) is 0 Å². The predicted molar refractivity (Wildman–Crippen MR) is 61.1 cm³/mol. The van der Waals surface area contributed by atoms with Crippen LogP contribution in [0.4, 0.5) is 4.79 Å². The molecular formula is C11H19N3O2. The standard InChI is InChI=1S/C11H19N3O2/c1-2-16-11(15)13-6-4-3-5-8-14-9-7-12-10-14/h7,9-10H,2-6,8H2,1H3,(H,13,15). The number of ether oxygens (including phenoxy) is 1. The van der Waals surface area contributed by atoms with Crippen LogP contribution in [0.2, 0.25) is 0 Å². The minimum Gasteiger partial charge on any atom is -0.450 e. The van der Waals surface area contributed by atoms with Crippen LogP contribution in [0.25, 0.3) is 0 Å². The van der Waals surface area contributed by atoms with Gasteiger partial charge < -0.3 is 14.6 Å². The number of rotatable bonds is 7. The van der Waals surface area contributed by atoms with Gasteiger partial charge in [0.1, 0.15) is 0 Å². The van der Waals surface area contributed by atoms with Gasteiger partial charge in [0.2, 0.25) is 0 Å². The third-order valence-corrected chi connectivity index (χ3v) is 2.20. The van der Waals surface area contributed by atoms with Crippen molar-refractivity contribution in [2.75, 3.05) is 13.2 Å². The van der Waals surface area contributed by atoms with E-state index in [4.69, 9.17) is 4.74 Å². The number of imidazole rings is 1. The summed E-state index contributed by atoms with van der Waals surface area (Å²) in [5.74, 6) is 0. The molecule has 0 aliphatic carbocycles. The van der Waals surface area contributed by atoms with Crippen LogP contribution < -0.4 is 5.32 Å². The van der Waals surface area contributed by atoms with E-state index < -0.39 is 0 Å². The second kappa shape index (κ2) is 7.73. The highest BCUT2D eigenvalue weighted by molar-refractivity contribution is 5.66. The molecule has 0 saturated heterocycles. The van der Waals surface area contributed by atoms with Crippen molar-refractivity contribution in [3.05, 3.63) is 18.7 Å². The van der Waals surface area contributed by atoms with Crippen molar-refractivity contribution >= 4 is 6.09 Å². The van der Waals surface area contributed by atoms with Gasteiger partial charge in [0.25, 0.3) is 0 Å². The molecule has 1 N–H and O–H groups in total. The third kappa shape index (κ3) is 5.38. The van der Waals surface area contributed by atoms with E-state index in [0.717, 1.165) is 25.8 Å². The van der Waals surface area contributed by atoms with Gasteiger partial charge >= 0.3 is 6.09 Å². The van der Waals surface area contributed by atoms with Crippen LogP contribution in [0.1, 0.15) is 26.2 Å². The molecule has 90 valence electrons. The molecule has 0 unspecified atom stereocenters. The van der Waals surface area contributed by atoms with E-state index in [0.29, 0.717) is 13.2 Å². The summed E-state index contributed by atoms with van der Waals surface area (Å²) in [6.07, 6.45) is 8.40. The van der Waals surface area contributed by atoms with Gasteiger partial charge in [-0.3, -0.25) is 0 Å². The zero-order chi connectivity index (χ0) is 11.6. The van der Waals surface area contributed by atoms with Gasteiger partial charge in [-0.15, -0.1) is 0 Å². The van der Waals surface area contributed by atoms with Crippen molar-refractivity contribution in [1.29, 1.82) is 0 Å². The molecule has 1 aromatic heterocycles. The van der Waals surface area contributed by atoms with E-state index in [1.165, 1.54) is 0 Å². The Balaban J connectivity index is 1.90. The highest BCUT2D eigenvalue weighted by Gasteiger charge is 1.98. The number of aromatic nitrogens is 2. The number of nitrogens with one attached hydrogen (secondary N) is 1. The number of aryl methyl sites for hydroxylation is 1. The van der Waals surface area contributed by atoms with Gasteiger partial charge in [0, 0.05) is 25.5 Å². The molecule has 0 atom stereocenters. The molecule has 0 saturated carbocycles. The van der Waals surface area contributed by atoms with Crippen LogP contribution >= 0.6 is 0 Å². The minimum atomic E-state index is -0.322. The summed E-state index contributed by atoms with van der Waals surface area (Å²) >= 11 is 0. The van der Waals surface area contributed by atoms with Crippen molar-refractivity contribution in [2.24, 2.45) is 0 Å². The number of carbonyl (C=O) groups excluding carboxylic acids is 1. The van der Waals surface area contributed by atoms with E-state index in [-0.39, 0.29) is 6.09 Å². The van der Waals surface area contributed by atoms with E-state index in [2.05, 4.69) is 14.9 Å². The molecule has 0 fully saturated rings. The normalized spacial score (nSPS) is 10.1. The summed E-state index contributed by atoms with van der Waals surface area (Å²) in [4.78, 5) is 14.9. The molecule has 0 aliphatic rings. The molecule has 0 aliphatic heterocycles. The summed E-state index contributed by atoms with van der Waals surface area (Å²) in [5.41, 5.74) is 0. The van der Waals surface area contributed by atoms with E-state index in [9.17, 15) is 4.79 Å². The maximum atomic E-state index is 10.9. The van der Waals surface area contributed by atoms with Crippen molar-refractivity contribution in [2.45, 2.75) is 32.7 Å². The molecule has 5 nitrogen and oxygen atoms in total. The Bertz CT molecular complexity index is 285. The maximum absolute atomic E-state index is 10.9. The van der Waals surface area contributed by atoms with Gasteiger partial charge in [-0.1, -0.05) is 0 Å². The number of hydrogen-bond donors (Lipinski definition) is 1. The maximum Gasteiger partial charge on any atom is 0.407 e. The number of alkyl carbamates (subject to hydrolysis) is 1. The Hall–Kier alpha value is -1.52. The van der Waals surface area contributed by atoms with Crippen molar-refractivity contribution in [1.82, 2.24) is 14.9 Å². The van der Waals surface area contributed by atoms with Gasteiger partial charge in [-0.05, 0) is 26.2 Å². The molecule has 1 amide bonds. The molecule has 0 bridgehead atoms. The molecule has 0 spiro atoms. The predicted octanol–water partition coefficient (Wildman–Crippen LogP) is 1.80. The van der Waals surface area contributed by atoms with Crippen LogP contribution in [0.5, 0.6) is 0 Å². The third-order valence-electron chi connectivity index (χ3n) is 2.20. The van der Waals surface area contributed by atoms with Crippen LogP contribution in [0.3, 0.4) is 0 Å². The fraction of sp³-hybridized carbons (Fsp3) is 0.636. The van der Waals surface area contributed by atoms with E-state index >= 15 is 0 Å². The number of nitrogens with zero attached hydrogens (tertiary/aromatic N) is 2. The molecule has 5 heteroatoms. The Morgan fingerprint density at radius 2 is 2.31 bits per heavy atom.